The van der Waals surface area contributed by atoms with Gasteiger partial charge in [0.05, 0.1) is 11.0 Å². The van der Waals surface area contributed by atoms with Crippen LogP contribution in [0.5, 0.6) is 0 Å². The molecule has 28 heavy (non-hydrogen) atoms. The van der Waals surface area contributed by atoms with E-state index in [0.29, 0.717) is 0 Å². The molecule has 0 spiro atoms. The minimum Gasteiger partial charge on any atom is -0.274 e. The quantitative estimate of drug-likeness (QED) is 0.352. The van der Waals surface area contributed by atoms with Gasteiger partial charge in [-0.3, -0.25) is 9.38 Å². The summed E-state index contributed by atoms with van der Waals surface area (Å²) in [4.78, 5) is 14.3. The molecule has 0 saturated carbocycles. The van der Waals surface area contributed by atoms with E-state index in [1.54, 1.807) is 0 Å². The molecule has 0 aliphatic heterocycles. The second-order valence-corrected chi connectivity index (χ2v) is 7.38. The Bertz CT molecular complexity index is 1590. The number of aromatic nitrogens is 4. The summed E-state index contributed by atoms with van der Waals surface area (Å²) in [5.74, 6) is 0. The lowest BCUT2D eigenvalue weighted by Crippen LogP contribution is -1.95. The highest BCUT2D eigenvalue weighted by Crippen LogP contribution is 2.41. The zero-order chi connectivity index (χ0) is 18.2. The standard InChI is InChI=1S/C24H14N4/c1-2-6-16-14(5-1)11-15-12-19-18(13-17(15)16)22-21(8-4-9-25-22)28-23(19)27-20-7-3-10-26-24(20)28/h1-10,12-13H,11H2. The van der Waals surface area contributed by atoms with E-state index in [0.717, 1.165) is 45.0 Å². The summed E-state index contributed by atoms with van der Waals surface area (Å²) in [6.07, 6.45) is 4.65. The molecule has 0 amide bonds. The molecule has 4 heterocycles. The van der Waals surface area contributed by atoms with E-state index in [-0.39, 0.29) is 0 Å². The highest BCUT2D eigenvalue weighted by molar-refractivity contribution is 6.13. The number of benzene rings is 2. The Labute approximate surface area is 160 Å². The first-order chi connectivity index (χ1) is 13.9. The van der Waals surface area contributed by atoms with Gasteiger partial charge in [-0.05, 0) is 65.1 Å². The van der Waals surface area contributed by atoms with Crippen LogP contribution in [0.15, 0.2) is 73.1 Å². The van der Waals surface area contributed by atoms with Crippen molar-refractivity contribution in [2.75, 3.05) is 0 Å². The van der Waals surface area contributed by atoms with Crippen molar-refractivity contribution in [2.24, 2.45) is 0 Å². The molecule has 0 N–H and O–H groups in total. The van der Waals surface area contributed by atoms with Crippen molar-refractivity contribution in [1.82, 2.24) is 19.4 Å². The van der Waals surface area contributed by atoms with Crippen LogP contribution in [-0.2, 0) is 6.42 Å². The van der Waals surface area contributed by atoms with Crippen molar-refractivity contribution < 1.29 is 0 Å². The van der Waals surface area contributed by atoms with Crippen LogP contribution in [0, 0.1) is 0 Å². The van der Waals surface area contributed by atoms with E-state index in [1.807, 2.05) is 30.6 Å². The lowest BCUT2D eigenvalue weighted by molar-refractivity contribution is 1.23. The zero-order valence-corrected chi connectivity index (χ0v) is 14.9. The normalized spacial score (nSPS) is 12.9. The van der Waals surface area contributed by atoms with Crippen LogP contribution >= 0.6 is 0 Å². The number of imidazole rings is 1. The van der Waals surface area contributed by atoms with E-state index >= 15 is 0 Å². The predicted octanol–water partition coefficient (Wildman–Crippen LogP) is 5.16. The molecule has 0 atom stereocenters. The average Bonchev–Trinajstić information content (AvgIpc) is 3.31. The van der Waals surface area contributed by atoms with Crippen molar-refractivity contribution in [3.05, 3.63) is 84.2 Å². The molecule has 1 aliphatic carbocycles. The molecule has 0 fully saturated rings. The number of hydrogen-bond acceptors (Lipinski definition) is 3. The summed E-state index contributed by atoms with van der Waals surface area (Å²) in [7, 11) is 0. The fraction of sp³-hybridized carbons (Fsp3) is 0.0417. The minimum absolute atomic E-state index is 0.876. The van der Waals surface area contributed by atoms with Crippen LogP contribution < -0.4 is 0 Å². The SMILES string of the molecule is c1ccc2c(c1)Cc1cc3c(cc1-2)c1ncccc1n1c2ncccc2nc31. The van der Waals surface area contributed by atoms with Crippen LogP contribution in [0.3, 0.4) is 0 Å². The highest BCUT2D eigenvalue weighted by Gasteiger charge is 2.22. The average molecular weight is 358 g/mol. The Balaban J connectivity index is 1.74. The molecule has 7 rings (SSSR count). The van der Waals surface area contributed by atoms with E-state index < -0.39 is 0 Å². The van der Waals surface area contributed by atoms with Crippen molar-refractivity contribution in [3.8, 4) is 11.1 Å². The van der Waals surface area contributed by atoms with Gasteiger partial charge in [0, 0.05) is 23.2 Å². The number of rotatable bonds is 0. The smallest absolute Gasteiger partial charge is 0.165 e. The third-order valence-corrected chi connectivity index (χ3v) is 5.87. The molecule has 130 valence electrons. The molecule has 1 aliphatic rings. The van der Waals surface area contributed by atoms with E-state index in [2.05, 4.69) is 51.8 Å². The Morgan fingerprint density at radius 3 is 2.61 bits per heavy atom. The van der Waals surface area contributed by atoms with Gasteiger partial charge in [-0.2, -0.15) is 0 Å². The molecule has 4 aromatic heterocycles. The van der Waals surface area contributed by atoms with Crippen molar-refractivity contribution in [2.45, 2.75) is 6.42 Å². The van der Waals surface area contributed by atoms with Gasteiger partial charge in [-0.1, -0.05) is 24.3 Å². The number of pyridine rings is 3. The summed E-state index contributed by atoms with van der Waals surface area (Å²) in [5, 5.41) is 2.28. The third-order valence-electron chi connectivity index (χ3n) is 5.87. The van der Waals surface area contributed by atoms with Crippen LogP contribution in [0.4, 0.5) is 0 Å². The maximum absolute atomic E-state index is 4.94. The number of hydrogen-bond donors (Lipinski definition) is 0. The fourth-order valence-corrected chi connectivity index (χ4v) is 4.67. The molecule has 2 aromatic carbocycles. The fourth-order valence-electron chi connectivity index (χ4n) is 4.67. The molecule has 0 bridgehead atoms. The van der Waals surface area contributed by atoms with Gasteiger partial charge in [-0.25, -0.2) is 9.97 Å². The van der Waals surface area contributed by atoms with E-state index in [4.69, 9.17) is 9.97 Å². The predicted molar refractivity (Wildman–Crippen MR) is 112 cm³/mol. The molecule has 4 nitrogen and oxygen atoms in total. The van der Waals surface area contributed by atoms with Crippen LogP contribution in [0.2, 0.25) is 0 Å². The molecule has 0 unspecified atom stereocenters. The summed E-state index contributed by atoms with van der Waals surface area (Å²) < 4.78 is 2.15. The Morgan fingerprint density at radius 2 is 1.61 bits per heavy atom. The monoisotopic (exact) mass is 358 g/mol. The van der Waals surface area contributed by atoms with Gasteiger partial charge >= 0.3 is 0 Å². The van der Waals surface area contributed by atoms with Crippen LogP contribution in [0.1, 0.15) is 11.1 Å². The van der Waals surface area contributed by atoms with Crippen molar-refractivity contribution in [3.63, 3.8) is 0 Å². The van der Waals surface area contributed by atoms with Gasteiger partial charge in [0.15, 0.2) is 5.65 Å². The van der Waals surface area contributed by atoms with Gasteiger partial charge < -0.3 is 0 Å². The van der Waals surface area contributed by atoms with Crippen LogP contribution in [0.25, 0.3) is 49.7 Å². The summed E-state index contributed by atoms with van der Waals surface area (Å²) in [5.41, 5.74) is 10.1. The second kappa shape index (κ2) is 4.93. The van der Waals surface area contributed by atoms with E-state index in [9.17, 15) is 0 Å². The van der Waals surface area contributed by atoms with Crippen molar-refractivity contribution >= 4 is 38.6 Å². The van der Waals surface area contributed by atoms with Gasteiger partial charge in [-0.15, -0.1) is 0 Å². The minimum atomic E-state index is 0.876. The van der Waals surface area contributed by atoms with Gasteiger partial charge in [0.1, 0.15) is 11.2 Å². The highest BCUT2D eigenvalue weighted by atomic mass is 15.1. The number of nitrogens with zero attached hydrogens (tertiary/aromatic N) is 4. The first-order valence-corrected chi connectivity index (χ1v) is 9.43. The molecular weight excluding hydrogens is 344 g/mol. The Kier molecular flexibility index (Phi) is 2.51. The van der Waals surface area contributed by atoms with E-state index in [1.165, 1.54) is 22.3 Å². The maximum Gasteiger partial charge on any atom is 0.165 e. The number of fused-ring (bicyclic) bond motifs is 11. The van der Waals surface area contributed by atoms with Crippen molar-refractivity contribution in [1.29, 1.82) is 0 Å². The largest absolute Gasteiger partial charge is 0.274 e. The third kappa shape index (κ3) is 1.68. The van der Waals surface area contributed by atoms with Crippen LogP contribution in [-0.4, -0.2) is 19.4 Å². The Morgan fingerprint density at radius 1 is 0.714 bits per heavy atom. The molecular formula is C24H14N4. The second-order valence-electron chi connectivity index (χ2n) is 7.38. The van der Waals surface area contributed by atoms with Gasteiger partial charge in [0.25, 0.3) is 0 Å². The lowest BCUT2D eigenvalue weighted by atomic mass is 10.00. The topological polar surface area (TPSA) is 43.1 Å². The Hall–Kier alpha value is -3.79. The first-order valence-electron chi connectivity index (χ1n) is 9.43. The lowest BCUT2D eigenvalue weighted by Gasteiger charge is -2.10. The summed E-state index contributed by atoms with van der Waals surface area (Å²) >= 11 is 0. The summed E-state index contributed by atoms with van der Waals surface area (Å²) in [6, 6.07) is 21.3. The molecule has 4 heteroatoms. The maximum atomic E-state index is 4.94. The molecule has 0 radical (unpaired) electrons. The van der Waals surface area contributed by atoms with Gasteiger partial charge in [0.2, 0.25) is 0 Å². The zero-order valence-electron chi connectivity index (χ0n) is 14.9. The molecule has 0 saturated heterocycles. The summed E-state index contributed by atoms with van der Waals surface area (Å²) in [6.45, 7) is 0. The first kappa shape index (κ1) is 14.3. The molecule has 6 aromatic rings.